The summed E-state index contributed by atoms with van der Waals surface area (Å²) < 4.78 is 30.6. The van der Waals surface area contributed by atoms with Gasteiger partial charge in [0.1, 0.15) is 0 Å². The van der Waals surface area contributed by atoms with Crippen LogP contribution in [-0.4, -0.2) is 68.6 Å². The molecule has 0 aliphatic carbocycles. The molecule has 1 fully saturated rings. The van der Waals surface area contributed by atoms with Gasteiger partial charge in [-0.05, 0) is 0 Å². The summed E-state index contributed by atoms with van der Waals surface area (Å²) in [5, 5.41) is 12.0. The van der Waals surface area contributed by atoms with Crippen molar-refractivity contribution in [1.29, 1.82) is 0 Å². The molecule has 1 unspecified atom stereocenters. The summed E-state index contributed by atoms with van der Waals surface area (Å²) in [6.45, 7) is 5.23. The fourth-order valence-electron chi connectivity index (χ4n) is 1.66. The van der Waals surface area contributed by atoms with Crippen molar-refractivity contribution >= 4 is 10.0 Å². The van der Waals surface area contributed by atoms with E-state index in [-0.39, 0.29) is 24.9 Å². The van der Waals surface area contributed by atoms with E-state index in [4.69, 9.17) is 9.84 Å². The highest BCUT2D eigenvalue weighted by atomic mass is 32.2. The van der Waals surface area contributed by atoms with Crippen molar-refractivity contribution in [2.45, 2.75) is 26.0 Å². The molecule has 102 valence electrons. The maximum absolute atomic E-state index is 12.0. The van der Waals surface area contributed by atoms with Crippen molar-refractivity contribution < 1.29 is 18.3 Å². The molecule has 6 nitrogen and oxygen atoms in total. The van der Waals surface area contributed by atoms with E-state index < -0.39 is 16.1 Å². The number of hydrogen-bond donors (Lipinski definition) is 2. The van der Waals surface area contributed by atoms with Crippen LogP contribution in [0.4, 0.5) is 0 Å². The predicted octanol–water partition coefficient (Wildman–Crippen LogP) is -0.993. The minimum atomic E-state index is -3.24. The molecule has 0 bridgehead atoms. The topological polar surface area (TPSA) is 78.9 Å². The third kappa shape index (κ3) is 4.89. The molecule has 1 rings (SSSR count). The molecular formula is C10H22N2O4S. The van der Waals surface area contributed by atoms with Crippen molar-refractivity contribution in [3.63, 3.8) is 0 Å². The maximum atomic E-state index is 12.0. The lowest BCUT2D eigenvalue weighted by molar-refractivity contribution is -0.0304. The van der Waals surface area contributed by atoms with Crippen LogP contribution < -0.4 is 5.32 Å². The summed E-state index contributed by atoms with van der Waals surface area (Å²) in [4.78, 5) is 0. The zero-order valence-corrected chi connectivity index (χ0v) is 11.2. The van der Waals surface area contributed by atoms with Crippen LogP contribution in [-0.2, 0) is 14.8 Å². The van der Waals surface area contributed by atoms with E-state index in [1.54, 1.807) is 0 Å². The summed E-state index contributed by atoms with van der Waals surface area (Å²) in [5.74, 6) is 0.0866. The van der Waals surface area contributed by atoms with Gasteiger partial charge in [-0.25, -0.2) is 8.42 Å². The molecule has 0 aromatic rings. The summed E-state index contributed by atoms with van der Waals surface area (Å²) in [7, 11) is -3.24. The zero-order chi connectivity index (χ0) is 12.9. The molecule has 0 aromatic heterocycles. The lowest BCUT2D eigenvalue weighted by Crippen LogP contribution is -2.48. The number of sulfonamides is 1. The average Bonchev–Trinajstić information content (AvgIpc) is 2.28. The lowest BCUT2D eigenvalue weighted by Gasteiger charge is -2.31. The van der Waals surface area contributed by atoms with E-state index in [9.17, 15) is 8.42 Å². The Bertz CT molecular complexity index is 318. The molecule has 0 saturated carbocycles. The van der Waals surface area contributed by atoms with Gasteiger partial charge in [0.2, 0.25) is 10.0 Å². The van der Waals surface area contributed by atoms with Gasteiger partial charge in [-0.1, -0.05) is 13.8 Å². The fourth-order valence-corrected chi connectivity index (χ4v) is 3.04. The first kappa shape index (κ1) is 14.8. The number of aliphatic hydroxyl groups is 1. The Balaban J connectivity index is 2.46. The van der Waals surface area contributed by atoms with E-state index in [0.29, 0.717) is 19.7 Å². The lowest BCUT2D eigenvalue weighted by atomic mass is 10.3. The largest absolute Gasteiger partial charge is 0.394 e. The van der Waals surface area contributed by atoms with Gasteiger partial charge >= 0.3 is 0 Å². The second-order valence-electron chi connectivity index (χ2n) is 4.46. The van der Waals surface area contributed by atoms with Gasteiger partial charge in [0.05, 0.1) is 25.1 Å². The minimum absolute atomic E-state index is 0.0866. The number of morpholine rings is 1. The van der Waals surface area contributed by atoms with Crippen LogP contribution in [0.2, 0.25) is 0 Å². The number of nitrogens with zero attached hydrogens (tertiary/aromatic N) is 1. The first-order chi connectivity index (χ1) is 7.95. The Kier molecular flexibility index (Phi) is 5.81. The van der Waals surface area contributed by atoms with Crippen molar-refractivity contribution in [2.24, 2.45) is 0 Å². The highest BCUT2D eigenvalue weighted by molar-refractivity contribution is 7.89. The fraction of sp³-hybridized carbons (Fsp3) is 1.00. The van der Waals surface area contributed by atoms with E-state index in [1.807, 2.05) is 13.8 Å². The van der Waals surface area contributed by atoms with Crippen LogP contribution in [0.1, 0.15) is 13.8 Å². The van der Waals surface area contributed by atoms with E-state index in [2.05, 4.69) is 5.32 Å². The number of ether oxygens (including phenoxy) is 1. The zero-order valence-electron chi connectivity index (χ0n) is 10.4. The van der Waals surface area contributed by atoms with Crippen LogP contribution in [0, 0.1) is 0 Å². The summed E-state index contributed by atoms with van der Waals surface area (Å²) in [6, 6.07) is 0.278. The van der Waals surface area contributed by atoms with Gasteiger partial charge in [0, 0.05) is 25.7 Å². The standard InChI is InChI=1S/C10H22N2O4S/c1-9(2)11-3-6-17(14,15)12-4-5-16-10(7-12)8-13/h9-11,13H,3-8H2,1-2H3. The Morgan fingerprint density at radius 3 is 2.82 bits per heavy atom. The van der Waals surface area contributed by atoms with Gasteiger partial charge in [-0.2, -0.15) is 4.31 Å². The number of aliphatic hydroxyl groups excluding tert-OH is 1. The quantitative estimate of drug-likeness (QED) is 0.645. The average molecular weight is 266 g/mol. The van der Waals surface area contributed by atoms with Crippen LogP contribution in [0.25, 0.3) is 0 Å². The van der Waals surface area contributed by atoms with Gasteiger partial charge in [-0.3, -0.25) is 0 Å². The Hall–Kier alpha value is -0.210. The molecule has 1 heterocycles. The van der Waals surface area contributed by atoms with E-state index in [1.165, 1.54) is 4.31 Å². The molecule has 2 N–H and O–H groups in total. The first-order valence-corrected chi connectivity index (χ1v) is 7.50. The summed E-state index contributed by atoms with van der Waals surface area (Å²) in [6.07, 6.45) is -0.392. The molecule has 1 saturated heterocycles. The Morgan fingerprint density at radius 1 is 1.53 bits per heavy atom. The molecule has 0 aromatic carbocycles. The second kappa shape index (κ2) is 6.65. The Labute approximate surface area is 103 Å². The third-order valence-electron chi connectivity index (χ3n) is 2.61. The molecule has 7 heteroatoms. The predicted molar refractivity (Wildman–Crippen MR) is 65.3 cm³/mol. The van der Waals surface area contributed by atoms with E-state index in [0.717, 1.165) is 0 Å². The van der Waals surface area contributed by atoms with Crippen LogP contribution in [0.15, 0.2) is 0 Å². The van der Waals surface area contributed by atoms with Gasteiger partial charge < -0.3 is 15.2 Å². The van der Waals surface area contributed by atoms with Crippen molar-refractivity contribution in [3.05, 3.63) is 0 Å². The minimum Gasteiger partial charge on any atom is -0.394 e. The first-order valence-electron chi connectivity index (χ1n) is 5.89. The van der Waals surface area contributed by atoms with Crippen molar-refractivity contribution in [3.8, 4) is 0 Å². The van der Waals surface area contributed by atoms with Gasteiger partial charge in [0.25, 0.3) is 0 Å². The van der Waals surface area contributed by atoms with Crippen molar-refractivity contribution in [1.82, 2.24) is 9.62 Å². The highest BCUT2D eigenvalue weighted by Gasteiger charge is 2.28. The normalized spacial score (nSPS) is 23.2. The highest BCUT2D eigenvalue weighted by Crippen LogP contribution is 2.10. The molecule has 17 heavy (non-hydrogen) atoms. The number of rotatable bonds is 6. The molecule has 0 amide bonds. The SMILES string of the molecule is CC(C)NCCS(=O)(=O)N1CCOC(CO)C1. The molecule has 1 aliphatic heterocycles. The Morgan fingerprint density at radius 2 is 2.24 bits per heavy atom. The van der Waals surface area contributed by atoms with Crippen LogP contribution in [0.5, 0.6) is 0 Å². The third-order valence-corrected chi connectivity index (χ3v) is 4.45. The number of nitrogens with one attached hydrogen (secondary N) is 1. The monoisotopic (exact) mass is 266 g/mol. The van der Waals surface area contributed by atoms with Gasteiger partial charge in [-0.15, -0.1) is 0 Å². The molecule has 1 aliphatic rings. The van der Waals surface area contributed by atoms with Crippen LogP contribution in [0.3, 0.4) is 0 Å². The summed E-state index contributed by atoms with van der Waals surface area (Å²) >= 11 is 0. The molecule has 0 spiro atoms. The summed E-state index contributed by atoms with van der Waals surface area (Å²) in [5.41, 5.74) is 0. The smallest absolute Gasteiger partial charge is 0.215 e. The number of hydrogen-bond acceptors (Lipinski definition) is 5. The maximum Gasteiger partial charge on any atom is 0.215 e. The molecule has 0 radical (unpaired) electrons. The molecule has 1 atom stereocenters. The second-order valence-corrected chi connectivity index (χ2v) is 6.55. The molecular weight excluding hydrogens is 244 g/mol. The van der Waals surface area contributed by atoms with Crippen molar-refractivity contribution in [2.75, 3.05) is 38.6 Å². The van der Waals surface area contributed by atoms with Gasteiger partial charge in [0.15, 0.2) is 0 Å². The van der Waals surface area contributed by atoms with E-state index >= 15 is 0 Å². The van der Waals surface area contributed by atoms with Crippen LogP contribution >= 0.6 is 0 Å².